The van der Waals surface area contributed by atoms with E-state index in [2.05, 4.69) is 48.9 Å². The zero-order valence-corrected chi connectivity index (χ0v) is 8.90. The van der Waals surface area contributed by atoms with Crippen LogP contribution in [-0.2, 0) is 0 Å². The van der Waals surface area contributed by atoms with Crippen LogP contribution < -0.4 is 5.32 Å². The molecule has 0 aliphatic carbocycles. The standard InChI is InChI=1S/C8H18BrN/c1-6(2)8(5-9)10-7(3)4/h6-8,10H,5H2,1-4H3. The molecular formula is C8H18BrN. The molecule has 1 nitrogen and oxygen atoms in total. The third-order valence-electron chi connectivity index (χ3n) is 1.52. The molecule has 1 N–H and O–H groups in total. The maximum Gasteiger partial charge on any atom is 0.0189 e. The largest absolute Gasteiger partial charge is 0.311 e. The molecule has 0 aliphatic heterocycles. The fourth-order valence-electron chi connectivity index (χ4n) is 0.843. The molecule has 1 unspecified atom stereocenters. The van der Waals surface area contributed by atoms with E-state index in [1.807, 2.05) is 0 Å². The third kappa shape index (κ3) is 4.29. The Morgan fingerprint density at radius 1 is 1.20 bits per heavy atom. The van der Waals surface area contributed by atoms with Gasteiger partial charge in [-0.3, -0.25) is 0 Å². The summed E-state index contributed by atoms with van der Waals surface area (Å²) in [4.78, 5) is 0. The Balaban J connectivity index is 3.60. The molecule has 2 heteroatoms. The number of halogens is 1. The van der Waals surface area contributed by atoms with E-state index in [4.69, 9.17) is 0 Å². The Bertz CT molecular complexity index is 81.3. The maximum atomic E-state index is 3.48. The molecule has 0 saturated carbocycles. The lowest BCUT2D eigenvalue weighted by atomic mass is 10.1. The number of hydrogen-bond donors (Lipinski definition) is 1. The molecule has 1 atom stereocenters. The molecule has 0 fully saturated rings. The molecule has 0 aromatic rings. The second-order valence-electron chi connectivity index (χ2n) is 3.33. The third-order valence-corrected chi connectivity index (χ3v) is 2.22. The van der Waals surface area contributed by atoms with Crippen molar-refractivity contribution in [3.63, 3.8) is 0 Å². The molecule has 0 spiro atoms. The van der Waals surface area contributed by atoms with Crippen LogP contribution >= 0.6 is 15.9 Å². The minimum Gasteiger partial charge on any atom is -0.311 e. The van der Waals surface area contributed by atoms with Crippen molar-refractivity contribution in [3.8, 4) is 0 Å². The normalized spacial score (nSPS) is 14.7. The fourth-order valence-corrected chi connectivity index (χ4v) is 1.78. The molecule has 0 radical (unpaired) electrons. The molecule has 0 amide bonds. The molecule has 0 saturated heterocycles. The van der Waals surface area contributed by atoms with Crippen molar-refractivity contribution in [1.29, 1.82) is 0 Å². The zero-order valence-electron chi connectivity index (χ0n) is 7.32. The van der Waals surface area contributed by atoms with Crippen molar-refractivity contribution in [2.45, 2.75) is 39.8 Å². The molecule has 0 aliphatic rings. The van der Waals surface area contributed by atoms with Gasteiger partial charge >= 0.3 is 0 Å². The molecule has 62 valence electrons. The van der Waals surface area contributed by atoms with Gasteiger partial charge in [-0.25, -0.2) is 0 Å². The van der Waals surface area contributed by atoms with Gasteiger partial charge in [-0.2, -0.15) is 0 Å². The second kappa shape index (κ2) is 5.14. The summed E-state index contributed by atoms with van der Waals surface area (Å²) < 4.78 is 0. The van der Waals surface area contributed by atoms with Crippen molar-refractivity contribution in [1.82, 2.24) is 5.32 Å². The van der Waals surface area contributed by atoms with Gasteiger partial charge in [0.2, 0.25) is 0 Å². The second-order valence-corrected chi connectivity index (χ2v) is 3.97. The van der Waals surface area contributed by atoms with Gasteiger partial charge in [-0.1, -0.05) is 43.6 Å². The van der Waals surface area contributed by atoms with Crippen LogP contribution in [0, 0.1) is 5.92 Å². The van der Waals surface area contributed by atoms with Crippen LogP contribution in [0.2, 0.25) is 0 Å². The number of alkyl halides is 1. The molecule has 0 heterocycles. The van der Waals surface area contributed by atoms with Crippen molar-refractivity contribution < 1.29 is 0 Å². The predicted octanol–water partition coefficient (Wildman–Crippen LogP) is 2.40. The van der Waals surface area contributed by atoms with Crippen molar-refractivity contribution in [2.24, 2.45) is 5.92 Å². The average molecular weight is 208 g/mol. The highest BCUT2D eigenvalue weighted by molar-refractivity contribution is 9.09. The van der Waals surface area contributed by atoms with E-state index in [-0.39, 0.29) is 0 Å². The maximum absolute atomic E-state index is 3.48. The summed E-state index contributed by atoms with van der Waals surface area (Å²) >= 11 is 3.48. The predicted molar refractivity (Wildman–Crippen MR) is 50.7 cm³/mol. The summed E-state index contributed by atoms with van der Waals surface area (Å²) in [5, 5.41) is 4.53. The fraction of sp³-hybridized carbons (Fsp3) is 1.00. The van der Waals surface area contributed by atoms with Crippen LogP contribution in [0.5, 0.6) is 0 Å². The van der Waals surface area contributed by atoms with Crippen molar-refractivity contribution >= 4 is 15.9 Å². The van der Waals surface area contributed by atoms with Crippen molar-refractivity contribution in [2.75, 3.05) is 5.33 Å². The molecule has 0 aromatic carbocycles. The van der Waals surface area contributed by atoms with E-state index in [1.165, 1.54) is 0 Å². The van der Waals surface area contributed by atoms with E-state index < -0.39 is 0 Å². The topological polar surface area (TPSA) is 12.0 Å². The average Bonchev–Trinajstić information content (AvgIpc) is 1.81. The van der Waals surface area contributed by atoms with Crippen molar-refractivity contribution in [3.05, 3.63) is 0 Å². The summed E-state index contributed by atoms with van der Waals surface area (Å²) in [6.07, 6.45) is 0. The first-order valence-corrected chi connectivity index (χ1v) is 5.02. The highest BCUT2D eigenvalue weighted by Crippen LogP contribution is 2.05. The Morgan fingerprint density at radius 2 is 1.70 bits per heavy atom. The van der Waals surface area contributed by atoms with Gasteiger partial charge in [-0.05, 0) is 5.92 Å². The van der Waals surface area contributed by atoms with Gasteiger partial charge in [0.15, 0.2) is 0 Å². The summed E-state index contributed by atoms with van der Waals surface area (Å²) in [6, 6.07) is 1.20. The van der Waals surface area contributed by atoms with Gasteiger partial charge in [0, 0.05) is 17.4 Å². The van der Waals surface area contributed by atoms with Crippen LogP contribution in [-0.4, -0.2) is 17.4 Å². The number of rotatable bonds is 4. The first-order chi connectivity index (χ1) is 4.57. The molecule has 0 rings (SSSR count). The Hall–Kier alpha value is 0.440. The molecular weight excluding hydrogens is 190 g/mol. The van der Waals surface area contributed by atoms with E-state index in [0.29, 0.717) is 18.0 Å². The quantitative estimate of drug-likeness (QED) is 0.699. The summed E-state index contributed by atoms with van der Waals surface area (Å²) in [5.74, 6) is 0.710. The van der Waals surface area contributed by atoms with Gasteiger partial charge in [0.05, 0.1) is 0 Å². The lowest BCUT2D eigenvalue weighted by molar-refractivity contribution is 0.403. The SMILES string of the molecule is CC(C)NC(CBr)C(C)C. The molecule has 0 aromatic heterocycles. The number of hydrogen-bond acceptors (Lipinski definition) is 1. The minimum absolute atomic E-state index is 0.588. The van der Waals surface area contributed by atoms with E-state index in [0.717, 1.165) is 5.33 Å². The van der Waals surface area contributed by atoms with Crippen LogP contribution in [0.25, 0.3) is 0 Å². The summed E-state index contributed by atoms with van der Waals surface area (Å²) in [7, 11) is 0. The van der Waals surface area contributed by atoms with Crippen LogP contribution in [0.1, 0.15) is 27.7 Å². The monoisotopic (exact) mass is 207 g/mol. The first kappa shape index (κ1) is 10.4. The highest BCUT2D eigenvalue weighted by atomic mass is 79.9. The zero-order chi connectivity index (χ0) is 8.15. The van der Waals surface area contributed by atoms with Gasteiger partial charge in [0.1, 0.15) is 0 Å². The van der Waals surface area contributed by atoms with E-state index in [1.54, 1.807) is 0 Å². The van der Waals surface area contributed by atoms with Crippen LogP contribution in [0.4, 0.5) is 0 Å². The van der Waals surface area contributed by atoms with Gasteiger partial charge < -0.3 is 5.32 Å². The Kier molecular flexibility index (Phi) is 5.36. The smallest absolute Gasteiger partial charge is 0.0189 e. The Morgan fingerprint density at radius 3 is 1.80 bits per heavy atom. The lowest BCUT2D eigenvalue weighted by Crippen LogP contribution is -2.39. The number of nitrogens with one attached hydrogen (secondary N) is 1. The van der Waals surface area contributed by atoms with E-state index in [9.17, 15) is 0 Å². The van der Waals surface area contributed by atoms with Gasteiger partial charge in [0.25, 0.3) is 0 Å². The summed E-state index contributed by atoms with van der Waals surface area (Å²) in [5.41, 5.74) is 0. The van der Waals surface area contributed by atoms with Gasteiger partial charge in [-0.15, -0.1) is 0 Å². The highest BCUT2D eigenvalue weighted by Gasteiger charge is 2.11. The van der Waals surface area contributed by atoms with Crippen LogP contribution in [0.3, 0.4) is 0 Å². The first-order valence-electron chi connectivity index (χ1n) is 3.90. The lowest BCUT2D eigenvalue weighted by Gasteiger charge is -2.22. The summed E-state index contributed by atoms with van der Waals surface area (Å²) in [6.45, 7) is 8.83. The minimum atomic E-state index is 0.588. The Labute approximate surface area is 72.7 Å². The van der Waals surface area contributed by atoms with Crippen LogP contribution in [0.15, 0.2) is 0 Å². The molecule has 0 bridgehead atoms. The molecule has 10 heavy (non-hydrogen) atoms. The van der Waals surface area contributed by atoms with E-state index >= 15 is 0 Å².